The van der Waals surface area contributed by atoms with Gasteiger partial charge >= 0.3 is 6.03 Å². The van der Waals surface area contributed by atoms with Gasteiger partial charge in [-0.2, -0.15) is 0 Å². The molecule has 11 heteroatoms. The Bertz CT molecular complexity index is 1380. The molecule has 2 N–H and O–H groups in total. The second-order valence-electron chi connectivity index (χ2n) is 7.60. The van der Waals surface area contributed by atoms with Crippen LogP contribution in [-0.4, -0.2) is 29.3 Å². The van der Waals surface area contributed by atoms with Gasteiger partial charge in [0.15, 0.2) is 5.75 Å². The van der Waals surface area contributed by atoms with Crippen molar-refractivity contribution < 1.29 is 27.9 Å². The van der Waals surface area contributed by atoms with Crippen LogP contribution in [-0.2, 0) is 16.2 Å². The highest BCUT2D eigenvalue weighted by molar-refractivity contribution is 9.10. The lowest BCUT2D eigenvalue weighted by Crippen LogP contribution is -2.38. The molecule has 0 aliphatic carbocycles. The van der Waals surface area contributed by atoms with Crippen molar-refractivity contribution in [3.8, 4) is 5.75 Å². The Labute approximate surface area is 217 Å². The Morgan fingerprint density at radius 3 is 2.47 bits per heavy atom. The van der Waals surface area contributed by atoms with Crippen molar-refractivity contribution in [1.29, 1.82) is 0 Å². The van der Waals surface area contributed by atoms with E-state index in [1.807, 2.05) is 0 Å². The van der Waals surface area contributed by atoms with E-state index in [1.54, 1.807) is 24.3 Å². The molecule has 1 heterocycles. The van der Waals surface area contributed by atoms with Crippen LogP contribution in [0.2, 0.25) is 5.02 Å². The standard InChI is InChI=1S/C25H17BrClF2N3O4/c26-16-9-14(10-17(27)23(16)36-13-15-5-1-2-6-18(15)28)11-21-24(34)32(25(35)31-21)12-22(33)30-20-8-4-3-7-19(20)29/h1-11H,12-13H2,(H,30,33)(H,31,35)/b21-11+. The molecule has 0 saturated carbocycles. The number of amides is 4. The van der Waals surface area contributed by atoms with Crippen molar-refractivity contribution in [3.63, 3.8) is 0 Å². The van der Waals surface area contributed by atoms with E-state index in [4.69, 9.17) is 16.3 Å². The van der Waals surface area contributed by atoms with Crippen LogP contribution in [0.1, 0.15) is 11.1 Å². The van der Waals surface area contributed by atoms with E-state index in [0.717, 1.165) is 0 Å². The molecule has 1 fully saturated rings. The molecule has 0 atom stereocenters. The lowest BCUT2D eigenvalue weighted by atomic mass is 10.1. The molecule has 0 radical (unpaired) electrons. The van der Waals surface area contributed by atoms with E-state index in [-0.39, 0.29) is 28.8 Å². The number of nitrogens with zero attached hydrogens (tertiary/aromatic N) is 1. The van der Waals surface area contributed by atoms with Crippen molar-refractivity contribution in [3.05, 3.63) is 98.6 Å². The van der Waals surface area contributed by atoms with Crippen molar-refractivity contribution in [2.75, 3.05) is 11.9 Å². The normalized spacial score (nSPS) is 14.2. The zero-order valence-corrected chi connectivity index (χ0v) is 20.7. The SMILES string of the molecule is O=C(CN1C(=O)N/C(=C/c2cc(Cl)c(OCc3ccccc3F)c(Br)c2)C1=O)Nc1ccccc1F. The van der Waals surface area contributed by atoms with Gasteiger partial charge < -0.3 is 15.4 Å². The number of carbonyl (C=O) groups excluding carboxylic acids is 3. The summed E-state index contributed by atoms with van der Waals surface area (Å²) >= 11 is 9.68. The number of carbonyl (C=O) groups is 3. The first-order valence-electron chi connectivity index (χ1n) is 10.5. The molecular weight excluding hydrogens is 560 g/mol. The minimum atomic E-state index is -0.801. The van der Waals surface area contributed by atoms with Gasteiger partial charge in [-0.15, -0.1) is 0 Å². The molecule has 0 spiro atoms. The predicted molar refractivity (Wildman–Crippen MR) is 133 cm³/mol. The zero-order chi connectivity index (χ0) is 25.8. The summed E-state index contributed by atoms with van der Waals surface area (Å²) < 4.78 is 33.7. The van der Waals surface area contributed by atoms with Gasteiger partial charge in [0, 0.05) is 5.56 Å². The molecule has 184 valence electrons. The fraction of sp³-hybridized carbons (Fsp3) is 0.0800. The van der Waals surface area contributed by atoms with E-state index in [2.05, 4.69) is 26.6 Å². The maximum absolute atomic E-state index is 13.8. The number of hydrogen-bond donors (Lipinski definition) is 2. The topological polar surface area (TPSA) is 87.7 Å². The van der Waals surface area contributed by atoms with Gasteiger partial charge in [0.05, 0.1) is 15.2 Å². The van der Waals surface area contributed by atoms with Crippen LogP contribution in [0.25, 0.3) is 6.08 Å². The summed E-state index contributed by atoms with van der Waals surface area (Å²) in [6.45, 7) is -0.659. The molecular formula is C25H17BrClF2N3O4. The maximum atomic E-state index is 13.8. The number of nitrogens with one attached hydrogen (secondary N) is 2. The minimum Gasteiger partial charge on any atom is -0.486 e. The minimum absolute atomic E-state index is 0.0517. The highest BCUT2D eigenvalue weighted by atomic mass is 79.9. The van der Waals surface area contributed by atoms with Crippen molar-refractivity contribution >= 4 is 57.1 Å². The van der Waals surface area contributed by atoms with Crippen molar-refractivity contribution in [1.82, 2.24) is 10.2 Å². The average Bonchev–Trinajstić information content (AvgIpc) is 3.08. The number of urea groups is 1. The molecule has 36 heavy (non-hydrogen) atoms. The fourth-order valence-electron chi connectivity index (χ4n) is 3.34. The number of benzene rings is 3. The number of ether oxygens (including phenoxy) is 1. The first-order chi connectivity index (χ1) is 17.2. The molecule has 1 aliphatic rings. The number of rotatable bonds is 7. The first kappa shape index (κ1) is 25.3. The van der Waals surface area contributed by atoms with Gasteiger partial charge in [-0.1, -0.05) is 41.9 Å². The second kappa shape index (κ2) is 10.9. The summed E-state index contributed by atoms with van der Waals surface area (Å²) in [5.74, 6) is -2.26. The molecule has 3 aromatic carbocycles. The Kier molecular flexibility index (Phi) is 7.66. The van der Waals surface area contributed by atoms with Crippen LogP contribution in [0.15, 0.2) is 70.8 Å². The molecule has 3 aromatic rings. The quantitative estimate of drug-likeness (QED) is 0.288. The third-order valence-corrected chi connectivity index (χ3v) is 5.94. The van der Waals surface area contributed by atoms with Gasteiger partial charge in [0.2, 0.25) is 5.91 Å². The summed E-state index contributed by atoms with van der Waals surface area (Å²) in [4.78, 5) is 38.0. The molecule has 0 unspecified atom stereocenters. The lowest BCUT2D eigenvalue weighted by Gasteiger charge is -2.12. The highest BCUT2D eigenvalue weighted by Gasteiger charge is 2.35. The Hall–Kier alpha value is -3.76. The van der Waals surface area contributed by atoms with Crippen LogP contribution in [0.5, 0.6) is 5.75 Å². The van der Waals surface area contributed by atoms with E-state index < -0.39 is 36.0 Å². The summed E-state index contributed by atoms with van der Waals surface area (Å²) in [7, 11) is 0. The molecule has 1 aliphatic heterocycles. The van der Waals surface area contributed by atoms with Crippen LogP contribution in [0, 0.1) is 11.6 Å². The van der Waals surface area contributed by atoms with E-state index in [0.29, 0.717) is 20.5 Å². The molecule has 7 nitrogen and oxygen atoms in total. The number of halogens is 4. The zero-order valence-electron chi connectivity index (χ0n) is 18.4. The monoisotopic (exact) mass is 575 g/mol. The smallest absolute Gasteiger partial charge is 0.329 e. The number of imide groups is 1. The van der Waals surface area contributed by atoms with Crippen LogP contribution < -0.4 is 15.4 Å². The van der Waals surface area contributed by atoms with Gasteiger partial charge in [-0.3, -0.25) is 9.59 Å². The third-order valence-electron chi connectivity index (χ3n) is 5.07. The van der Waals surface area contributed by atoms with Crippen LogP contribution in [0.4, 0.5) is 19.3 Å². The van der Waals surface area contributed by atoms with E-state index in [1.165, 1.54) is 42.5 Å². The Morgan fingerprint density at radius 1 is 1.08 bits per heavy atom. The Morgan fingerprint density at radius 2 is 1.78 bits per heavy atom. The van der Waals surface area contributed by atoms with Gasteiger partial charge in [0.1, 0.15) is 30.5 Å². The van der Waals surface area contributed by atoms with Gasteiger partial charge in [-0.25, -0.2) is 18.5 Å². The first-order valence-corrected chi connectivity index (χ1v) is 11.6. The number of para-hydroxylation sites is 1. The molecule has 4 amide bonds. The second-order valence-corrected chi connectivity index (χ2v) is 8.86. The summed E-state index contributed by atoms with van der Waals surface area (Å²) in [6, 6.07) is 14.0. The van der Waals surface area contributed by atoms with E-state index in [9.17, 15) is 23.2 Å². The third kappa shape index (κ3) is 5.72. The van der Waals surface area contributed by atoms with Crippen molar-refractivity contribution in [2.24, 2.45) is 0 Å². The predicted octanol–water partition coefficient (Wildman–Crippen LogP) is 5.49. The maximum Gasteiger partial charge on any atom is 0.329 e. The summed E-state index contributed by atoms with van der Waals surface area (Å²) in [5, 5.41) is 4.91. The summed E-state index contributed by atoms with van der Waals surface area (Å²) in [5.41, 5.74) is 0.653. The summed E-state index contributed by atoms with van der Waals surface area (Å²) in [6.07, 6.45) is 1.38. The van der Waals surface area contributed by atoms with Crippen LogP contribution >= 0.6 is 27.5 Å². The Balaban J connectivity index is 1.45. The largest absolute Gasteiger partial charge is 0.486 e. The molecule has 1 saturated heterocycles. The fourth-order valence-corrected chi connectivity index (χ4v) is 4.33. The molecule has 0 aromatic heterocycles. The van der Waals surface area contributed by atoms with Gasteiger partial charge in [-0.05, 0) is 57.9 Å². The average molecular weight is 577 g/mol. The van der Waals surface area contributed by atoms with Gasteiger partial charge in [0.25, 0.3) is 5.91 Å². The molecule has 0 bridgehead atoms. The molecule has 4 rings (SSSR count). The lowest BCUT2D eigenvalue weighted by molar-refractivity contribution is -0.127. The highest BCUT2D eigenvalue weighted by Crippen LogP contribution is 2.36. The van der Waals surface area contributed by atoms with Crippen molar-refractivity contribution in [2.45, 2.75) is 6.61 Å². The number of anilines is 1. The van der Waals surface area contributed by atoms with Crippen LogP contribution in [0.3, 0.4) is 0 Å². The number of hydrogen-bond acceptors (Lipinski definition) is 4. The van der Waals surface area contributed by atoms with E-state index >= 15 is 0 Å².